The zero-order valence-corrected chi connectivity index (χ0v) is 16.1. The van der Waals surface area contributed by atoms with Gasteiger partial charge in [-0.1, -0.05) is 22.0 Å². The van der Waals surface area contributed by atoms with Crippen LogP contribution in [0.4, 0.5) is 5.69 Å². The van der Waals surface area contributed by atoms with Gasteiger partial charge in [0.1, 0.15) is 12.4 Å². The number of rotatable bonds is 8. The lowest BCUT2D eigenvalue weighted by atomic mass is 10.2. The van der Waals surface area contributed by atoms with E-state index in [0.29, 0.717) is 18.9 Å². The van der Waals surface area contributed by atoms with E-state index in [1.807, 2.05) is 24.3 Å². The zero-order valence-electron chi connectivity index (χ0n) is 14.6. The first-order chi connectivity index (χ1) is 12.9. The molecule has 0 saturated heterocycles. The van der Waals surface area contributed by atoms with Gasteiger partial charge in [-0.2, -0.15) is 0 Å². The highest BCUT2D eigenvalue weighted by molar-refractivity contribution is 9.10. The van der Waals surface area contributed by atoms with Crippen LogP contribution in [0.1, 0.15) is 10.4 Å². The number of benzene rings is 2. The topological polar surface area (TPSA) is 102 Å². The Balaban J connectivity index is 1.77. The molecule has 9 heteroatoms. The number of nitro groups is 1. The highest BCUT2D eigenvalue weighted by Gasteiger charge is 2.14. The maximum absolute atomic E-state index is 12.1. The number of carbonyl (C=O) groups excluding carboxylic acids is 2. The summed E-state index contributed by atoms with van der Waals surface area (Å²) in [6.45, 7) is 0.445. The summed E-state index contributed by atoms with van der Waals surface area (Å²) in [5.41, 5.74) is -0.0607. The zero-order chi connectivity index (χ0) is 19.8. The van der Waals surface area contributed by atoms with Crippen LogP contribution in [0.3, 0.4) is 0 Å². The van der Waals surface area contributed by atoms with Crippen molar-refractivity contribution in [2.24, 2.45) is 0 Å². The number of ether oxygens (including phenoxy) is 1. The predicted octanol–water partition coefficient (Wildman–Crippen LogP) is 2.62. The summed E-state index contributed by atoms with van der Waals surface area (Å²) in [6.07, 6.45) is 0. The van der Waals surface area contributed by atoms with Crippen molar-refractivity contribution in [1.82, 2.24) is 10.2 Å². The SMILES string of the molecule is CN(CCOc1ccc(Br)cc1)C(=O)CNC(=O)c1cccc([N+](=O)[O-])c1. The first-order valence-corrected chi connectivity index (χ1v) is 8.81. The minimum Gasteiger partial charge on any atom is -0.492 e. The van der Waals surface area contributed by atoms with Gasteiger partial charge in [-0.15, -0.1) is 0 Å². The van der Waals surface area contributed by atoms with E-state index < -0.39 is 10.8 Å². The van der Waals surface area contributed by atoms with E-state index in [0.717, 1.165) is 10.5 Å². The Morgan fingerprint density at radius 2 is 1.93 bits per heavy atom. The number of nitro benzene ring substituents is 1. The Labute approximate surface area is 164 Å². The van der Waals surface area contributed by atoms with Gasteiger partial charge in [-0.25, -0.2) is 0 Å². The number of carbonyl (C=O) groups is 2. The summed E-state index contributed by atoms with van der Waals surface area (Å²) >= 11 is 3.34. The van der Waals surface area contributed by atoms with Gasteiger partial charge in [0.25, 0.3) is 11.6 Å². The Hall–Kier alpha value is -2.94. The van der Waals surface area contributed by atoms with Crippen LogP contribution in [-0.2, 0) is 4.79 Å². The second-order valence-electron chi connectivity index (χ2n) is 5.61. The van der Waals surface area contributed by atoms with Gasteiger partial charge >= 0.3 is 0 Å². The number of nitrogens with one attached hydrogen (secondary N) is 1. The van der Waals surface area contributed by atoms with Gasteiger partial charge in [0.2, 0.25) is 5.91 Å². The standard InChI is InChI=1S/C18H18BrN3O5/c1-21(9-10-27-16-7-5-14(19)6-8-16)17(23)12-20-18(24)13-3-2-4-15(11-13)22(25)26/h2-8,11H,9-10,12H2,1H3,(H,20,24). The molecule has 0 unspecified atom stereocenters. The van der Waals surface area contributed by atoms with Crippen molar-refractivity contribution in [3.05, 3.63) is 68.7 Å². The minimum absolute atomic E-state index is 0.123. The summed E-state index contributed by atoms with van der Waals surface area (Å²) in [6, 6.07) is 12.7. The second-order valence-corrected chi connectivity index (χ2v) is 6.52. The third-order valence-corrected chi connectivity index (χ3v) is 4.18. The highest BCUT2D eigenvalue weighted by Crippen LogP contribution is 2.16. The fourth-order valence-corrected chi connectivity index (χ4v) is 2.37. The molecule has 0 radical (unpaired) electrons. The van der Waals surface area contributed by atoms with Crippen molar-refractivity contribution < 1.29 is 19.2 Å². The third kappa shape index (κ3) is 6.37. The lowest BCUT2D eigenvalue weighted by Gasteiger charge is -2.18. The smallest absolute Gasteiger partial charge is 0.270 e. The number of nitrogens with zero attached hydrogens (tertiary/aromatic N) is 2. The summed E-state index contributed by atoms with van der Waals surface area (Å²) < 4.78 is 6.49. The molecule has 0 aromatic heterocycles. The predicted molar refractivity (Wildman–Crippen MR) is 103 cm³/mol. The van der Waals surface area contributed by atoms with Crippen LogP contribution in [0.15, 0.2) is 53.0 Å². The molecule has 0 aliphatic carbocycles. The molecule has 0 fully saturated rings. The van der Waals surface area contributed by atoms with E-state index in [2.05, 4.69) is 21.2 Å². The molecule has 27 heavy (non-hydrogen) atoms. The quantitative estimate of drug-likeness (QED) is 0.507. The molecule has 0 aliphatic rings. The molecule has 0 heterocycles. The van der Waals surface area contributed by atoms with Gasteiger partial charge in [-0.3, -0.25) is 19.7 Å². The van der Waals surface area contributed by atoms with Crippen LogP contribution in [0.5, 0.6) is 5.75 Å². The number of non-ortho nitro benzene ring substituents is 1. The number of likely N-dealkylation sites (N-methyl/N-ethyl adjacent to an activating group) is 1. The van der Waals surface area contributed by atoms with E-state index in [1.54, 1.807) is 7.05 Å². The average molecular weight is 436 g/mol. The lowest BCUT2D eigenvalue weighted by molar-refractivity contribution is -0.384. The van der Waals surface area contributed by atoms with E-state index in [9.17, 15) is 19.7 Å². The van der Waals surface area contributed by atoms with Crippen LogP contribution in [0.2, 0.25) is 0 Å². The molecule has 0 bridgehead atoms. The molecule has 8 nitrogen and oxygen atoms in total. The van der Waals surface area contributed by atoms with E-state index >= 15 is 0 Å². The van der Waals surface area contributed by atoms with Crippen LogP contribution >= 0.6 is 15.9 Å². The third-order valence-electron chi connectivity index (χ3n) is 3.65. The number of amides is 2. The molecule has 0 saturated carbocycles. The molecular weight excluding hydrogens is 418 g/mol. The molecule has 2 aromatic carbocycles. The second kappa shape index (κ2) is 9.67. The monoisotopic (exact) mass is 435 g/mol. The summed E-state index contributed by atoms with van der Waals surface area (Å²) in [7, 11) is 1.60. The Bertz CT molecular complexity index is 826. The van der Waals surface area contributed by atoms with Crippen molar-refractivity contribution in [3.8, 4) is 5.75 Å². The average Bonchev–Trinajstić information content (AvgIpc) is 2.67. The Kier molecular flexibility index (Phi) is 7.30. The van der Waals surface area contributed by atoms with E-state index in [-0.39, 0.29) is 23.7 Å². The largest absolute Gasteiger partial charge is 0.492 e. The van der Waals surface area contributed by atoms with Crippen molar-refractivity contribution in [3.63, 3.8) is 0 Å². The van der Waals surface area contributed by atoms with Gasteiger partial charge in [0.15, 0.2) is 0 Å². The van der Waals surface area contributed by atoms with Gasteiger partial charge in [-0.05, 0) is 30.3 Å². The van der Waals surface area contributed by atoms with Crippen molar-refractivity contribution in [2.45, 2.75) is 0 Å². The molecule has 1 N–H and O–H groups in total. The van der Waals surface area contributed by atoms with Crippen molar-refractivity contribution >= 4 is 33.4 Å². The maximum atomic E-state index is 12.1. The Morgan fingerprint density at radius 1 is 1.22 bits per heavy atom. The summed E-state index contributed by atoms with van der Waals surface area (Å²) in [5.74, 6) is -0.155. The normalized spacial score (nSPS) is 10.1. The van der Waals surface area contributed by atoms with Gasteiger partial charge in [0.05, 0.1) is 18.0 Å². The molecular formula is C18H18BrN3O5. The molecule has 2 rings (SSSR count). The lowest BCUT2D eigenvalue weighted by Crippen LogP contribution is -2.39. The molecule has 142 valence electrons. The number of hydrogen-bond donors (Lipinski definition) is 1. The summed E-state index contributed by atoms with van der Waals surface area (Å²) in [4.78, 5) is 35.7. The number of hydrogen-bond acceptors (Lipinski definition) is 5. The first-order valence-electron chi connectivity index (χ1n) is 8.02. The fourth-order valence-electron chi connectivity index (χ4n) is 2.11. The van der Waals surface area contributed by atoms with Crippen LogP contribution in [-0.4, -0.2) is 48.4 Å². The van der Waals surface area contributed by atoms with Gasteiger partial charge < -0.3 is 15.0 Å². The molecule has 0 atom stereocenters. The number of halogens is 1. The maximum Gasteiger partial charge on any atom is 0.270 e. The Morgan fingerprint density at radius 3 is 2.59 bits per heavy atom. The highest BCUT2D eigenvalue weighted by atomic mass is 79.9. The van der Waals surface area contributed by atoms with Crippen molar-refractivity contribution in [2.75, 3.05) is 26.7 Å². The molecule has 0 aliphatic heterocycles. The minimum atomic E-state index is -0.582. The van der Waals surface area contributed by atoms with E-state index in [4.69, 9.17) is 4.74 Å². The van der Waals surface area contributed by atoms with Crippen LogP contribution in [0.25, 0.3) is 0 Å². The van der Waals surface area contributed by atoms with Crippen molar-refractivity contribution in [1.29, 1.82) is 0 Å². The first kappa shape index (κ1) is 20.4. The van der Waals surface area contributed by atoms with Crippen LogP contribution in [0, 0.1) is 10.1 Å². The van der Waals surface area contributed by atoms with Gasteiger partial charge in [0, 0.05) is 29.2 Å². The molecule has 2 aromatic rings. The molecule has 0 spiro atoms. The fraction of sp³-hybridized carbons (Fsp3) is 0.222. The molecule has 2 amide bonds. The van der Waals surface area contributed by atoms with Crippen LogP contribution < -0.4 is 10.1 Å². The van der Waals surface area contributed by atoms with E-state index in [1.165, 1.54) is 23.1 Å². The summed E-state index contributed by atoms with van der Waals surface area (Å²) in [5, 5.41) is 13.2.